The maximum atomic E-state index is 12.6. The molecule has 3 rings (SSSR count). The molecule has 1 aliphatic heterocycles. The third-order valence-electron chi connectivity index (χ3n) is 4.04. The molecule has 1 unspecified atom stereocenters. The molecule has 0 fully saturated rings. The summed E-state index contributed by atoms with van der Waals surface area (Å²) >= 11 is 2.07. The standard InChI is InChI=1S/C17H14INO3/c1-19-16(21)15(18)14(11-6-4-3-5-7-11)17(19)9-8-12(20)10-13(17)22-2/h3-10H,1-2H3. The molecule has 22 heavy (non-hydrogen) atoms. The lowest BCUT2D eigenvalue weighted by atomic mass is 9.81. The van der Waals surface area contributed by atoms with Crippen LogP contribution in [-0.4, -0.2) is 36.3 Å². The zero-order valence-corrected chi connectivity index (χ0v) is 14.3. The molecule has 0 saturated heterocycles. The van der Waals surface area contributed by atoms with Crippen LogP contribution in [0.25, 0.3) is 5.57 Å². The Kier molecular flexibility index (Phi) is 3.68. The van der Waals surface area contributed by atoms with E-state index < -0.39 is 5.54 Å². The van der Waals surface area contributed by atoms with Crippen molar-refractivity contribution in [3.8, 4) is 0 Å². The second-order valence-corrected chi connectivity index (χ2v) is 6.21. The lowest BCUT2D eigenvalue weighted by Gasteiger charge is -2.38. The Morgan fingerprint density at radius 1 is 1.18 bits per heavy atom. The third kappa shape index (κ3) is 1.95. The van der Waals surface area contributed by atoms with Crippen LogP contribution in [0.1, 0.15) is 5.56 Å². The van der Waals surface area contributed by atoms with E-state index in [0.29, 0.717) is 9.34 Å². The number of hydrogen-bond donors (Lipinski definition) is 0. The summed E-state index contributed by atoms with van der Waals surface area (Å²) in [5.41, 5.74) is 0.919. The van der Waals surface area contributed by atoms with Gasteiger partial charge in [0.2, 0.25) is 0 Å². The van der Waals surface area contributed by atoms with Gasteiger partial charge in [-0.1, -0.05) is 30.3 Å². The van der Waals surface area contributed by atoms with Gasteiger partial charge in [-0.3, -0.25) is 9.59 Å². The lowest BCUT2D eigenvalue weighted by Crippen LogP contribution is -2.47. The highest BCUT2D eigenvalue weighted by Crippen LogP contribution is 2.49. The van der Waals surface area contributed by atoms with Gasteiger partial charge in [-0.25, -0.2) is 0 Å². The van der Waals surface area contributed by atoms with Crippen molar-refractivity contribution in [1.29, 1.82) is 0 Å². The molecule has 1 aliphatic carbocycles. The number of ketones is 1. The van der Waals surface area contributed by atoms with Crippen LogP contribution in [0.2, 0.25) is 0 Å². The summed E-state index contributed by atoms with van der Waals surface area (Å²) in [5.74, 6) is 0.236. The van der Waals surface area contributed by atoms with Gasteiger partial charge in [0.1, 0.15) is 11.3 Å². The van der Waals surface area contributed by atoms with Gasteiger partial charge in [0.25, 0.3) is 5.91 Å². The van der Waals surface area contributed by atoms with Gasteiger partial charge in [-0.05, 0) is 40.3 Å². The minimum Gasteiger partial charge on any atom is -0.498 e. The molecular weight excluding hydrogens is 393 g/mol. The first-order chi connectivity index (χ1) is 10.5. The summed E-state index contributed by atoms with van der Waals surface area (Å²) in [7, 11) is 3.25. The fourth-order valence-corrected chi connectivity index (χ4v) is 4.06. The summed E-state index contributed by atoms with van der Waals surface area (Å²) in [6.07, 6.45) is 4.69. The largest absolute Gasteiger partial charge is 0.498 e. The average Bonchev–Trinajstić information content (AvgIpc) is 2.73. The molecule has 0 bridgehead atoms. The maximum absolute atomic E-state index is 12.6. The van der Waals surface area contributed by atoms with Crippen LogP contribution < -0.4 is 0 Å². The number of ether oxygens (including phenoxy) is 1. The highest BCUT2D eigenvalue weighted by Gasteiger charge is 2.52. The molecule has 4 nitrogen and oxygen atoms in total. The second-order valence-electron chi connectivity index (χ2n) is 5.13. The molecule has 5 heteroatoms. The molecule has 1 amide bonds. The Morgan fingerprint density at radius 3 is 2.50 bits per heavy atom. The van der Waals surface area contributed by atoms with Gasteiger partial charge in [-0.2, -0.15) is 0 Å². The van der Waals surface area contributed by atoms with E-state index in [1.54, 1.807) is 18.0 Å². The van der Waals surface area contributed by atoms with Crippen LogP contribution in [0.15, 0.2) is 57.9 Å². The summed E-state index contributed by atoms with van der Waals surface area (Å²) < 4.78 is 6.11. The summed E-state index contributed by atoms with van der Waals surface area (Å²) in [6.45, 7) is 0. The normalized spacial score (nSPS) is 24.3. The molecule has 2 aliphatic rings. The predicted molar refractivity (Wildman–Crippen MR) is 92.1 cm³/mol. The zero-order chi connectivity index (χ0) is 15.9. The minimum absolute atomic E-state index is 0.0820. The predicted octanol–water partition coefficient (Wildman–Crippen LogP) is 2.71. The molecule has 0 radical (unpaired) electrons. The van der Waals surface area contributed by atoms with Crippen molar-refractivity contribution in [1.82, 2.24) is 4.90 Å². The van der Waals surface area contributed by atoms with E-state index in [1.807, 2.05) is 30.3 Å². The molecule has 0 aromatic heterocycles. The molecule has 1 spiro atoms. The molecule has 1 aromatic carbocycles. The Labute approximate surface area is 142 Å². The monoisotopic (exact) mass is 407 g/mol. The molecule has 0 saturated carbocycles. The van der Waals surface area contributed by atoms with Gasteiger partial charge in [0, 0.05) is 18.7 Å². The Morgan fingerprint density at radius 2 is 1.86 bits per heavy atom. The molecule has 1 heterocycles. The zero-order valence-electron chi connectivity index (χ0n) is 12.2. The van der Waals surface area contributed by atoms with Crippen LogP contribution in [-0.2, 0) is 14.3 Å². The van der Waals surface area contributed by atoms with Crippen molar-refractivity contribution in [3.05, 3.63) is 63.5 Å². The second kappa shape index (κ2) is 5.39. The van der Waals surface area contributed by atoms with Crippen molar-refractivity contribution >= 4 is 39.9 Å². The van der Waals surface area contributed by atoms with E-state index in [4.69, 9.17) is 4.74 Å². The highest BCUT2D eigenvalue weighted by atomic mass is 127. The van der Waals surface area contributed by atoms with Crippen LogP contribution in [0, 0.1) is 0 Å². The van der Waals surface area contributed by atoms with E-state index in [1.165, 1.54) is 19.3 Å². The topological polar surface area (TPSA) is 46.6 Å². The SMILES string of the molecule is COC1=CC(=O)C=CC12C(c1ccccc1)=C(I)C(=O)N2C. The van der Waals surface area contributed by atoms with Gasteiger partial charge < -0.3 is 9.64 Å². The van der Waals surface area contributed by atoms with Crippen molar-refractivity contribution < 1.29 is 14.3 Å². The molecule has 112 valence electrons. The number of carbonyl (C=O) groups is 2. The van der Waals surface area contributed by atoms with Gasteiger partial charge >= 0.3 is 0 Å². The molecule has 1 atom stereocenters. The minimum atomic E-state index is -0.863. The molecular formula is C17H14INO3. The number of hydrogen-bond acceptors (Lipinski definition) is 3. The number of halogens is 1. The average molecular weight is 407 g/mol. The van der Waals surface area contributed by atoms with E-state index in [2.05, 4.69) is 22.6 Å². The van der Waals surface area contributed by atoms with E-state index in [0.717, 1.165) is 11.1 Å². The van der Waals surface area contributed by atoms with Gasteiger partial charge in [-0.15, -0.1) is 0 Å². The van der Waals surface area contributed by atoms with Crippen molar-refractivity contribution in [3.63, 3.8) is 0 Å². The van der Waals surface area contributed by atoms with Crippen LogP contribution in [0.4, 0.5) is 0 Å². The highest BCUT2D eigenvalue weighted by molar-refractivity contribution is 14.1. The number of methoxy groups -OCH3 is 1. The smallest absolute Gasteiger partial charge is 0.261 e. The van der Waals surface area contributed by atoms with Crippen molar-refractivity contribution in [2.75, 3.05) is 14.2 Å². The summed E-state index contributed by atoms with van der Waals surface area (Å²) in [4.78, 5) is 25.9. The Hall–Kier alpha value is -1.89. The van der Waals surface area contributed by atoms with E-state index in [9.17, 15) is 9.59 Å². The van der Waals surface area contributed by atoms with E-state index >= 15 is 0 Å². The Bertz CT molecular complexity index is 748. The fraction of sp³-hybridized carbons (Fsp3) is 0.176. The van der Waals surface area contributed by atoms with Crippen molar-refractivity contribution in [2.24, 2.45) is 0 Å². The molecule has 0 N–H and O–H groups in total. The van der Waals surface area contributed by atoms with Crippen LogP contribution in [0.5, 0.6) is 0 Å². The first kappa shape index (κ1) is 15.0. The van der Waals surface area contributed by atoms with Gasteiger partial charge in [0.15, 0.2) is 5.78 Å². The third-order valence-corrected chi connectivity index (χ3v) is 5.04. The number of allylic oxidation sites excluding steroid dienone is 2. The first-order valence-electron chi connectivity index (χ1n) is 6.75. The van der Waals surface area contributed by atoms with Gasteiger partial charge in [0.05, 0.1) is 10.7 Å². The maximum Gasteiger partial charge on any atom is 0.261 e. The number of amides is 1. The molecule has 1 aromatic rings. The summed E-state index contributed by atoms with van der Waals surface area (Å²) in [6, 6.07) is 9.70. The fourth-order valence-electron chi connectivity index (χ4n) is 2.97. The van der Waals surface area contributed by atoms with E-state index in [-0.39, 0.29) is 11.7 Å². The lowest BCUT2D eigenvalue weighted by molar-refractivity contribution is -0.126. The van der Waals surface area contributed by atoms with Crippen molar-refractivity contribution in [2.45, 2.75) is 5.54 Å². The number of nitrogens with zero attached hydrogens (tertiary/aromatic N) is 1. The number of likely N-dealkylation sites (N-methyl/N-ethyl adjacent to an activating group) is 1. The number of benzene rings is 1. The number of rotatable bonds is 2. The first-order valence-corrected chi connectivity index (χ1v) is 7.83. The number of carbonyl (C=O) groups excluding carboxylic acids is 2. The Balaban J connectivity index is 2.29. The van der Waals surface area contributed by atoms with Crippen LogP contribution >= 0.6 is 22.6 Å². The summed E-state index contributed by atoms with van der Waals surface area (Å²) in [5, 5.41) is 0. The quantitative estimate of drug-likeness (QED) is 0.709. The van der Waals surface area contributed by atoms with Crippen LogP contribution in [0.3, 0.4) is 0 Å².